The monoisotopic (exact) mass is 209 g/mol. The van der Waals surface area contributed by atoms with E-state index in [1.54, 1.807) is 6.07 Å². The quantitative estimate of drug-likeness (QED) is 0.766. The van der Waals surface area contributed by atoms with E-state index in [2.05, 4.69) is 4.90 Å². The standard InChI is InChI=1S/C12H16FNO/c1-12(2)11(15)6-7-14(12)10-5-3-4-9(13)8-10/h3-5,8,11,15H,6-7H2,1-2H3. The molecule has 0 bridgehead atoms. The fourth-order valence-corrected chi connectivity index (χ4v) is 2.18. The van der Waals surface area contributed by atoms with Crippen molar-refractivity contribution in [2.45, 2.75) is 31.9 Å². The van der Waals surface area contributed by atoms with E-state index in [-0.39, 0.29) is 17.5 Å². The molecular formula is C12H16FNO. The highest BCUT2D eigenvalue weighted by atomic mass is 19.1. The molecule has 1 N–H and O–H groups in total. The normalized spacial score (nSPS) is 24.5. The molecule has 3 heteroatoms. The smallest absolute Gasteiger partial charge is 0.125 e. The topological polar surface area (TPSA) is 23.5 Å². The van der Waals surface area contributed by atoms with Gasteiger partial charge >= 0.3 is 0 Å². The van der Waals surface area contributed by atoms with Gasteiger partial charge in [0.15, 0.2) is 0 Å². The van der Waals surface area contributed by atoms with E-state index in [0.717, 1.165) is 18.7 Å². The lowest BCUT2D eigenvalue weighted by molar-refractivity contribution is 0.127. The molecule has 2 rings (SSSR count). The predicted octanol–water partition coefficient (Wildman–Crippen LogP) is 2.18. The van der Waals surface area contributed by atoms with Gasteiger partial charge in [-0.05, 0) is 38.5 Å². The van der Waals surface area contributed by atoms with E-state index >= 15 is 0 Å². The number of rotatable bonds is 1. The Kier molecular flexibility index (Phi) is 2.43. The molecular weight excluding hydrogens is 193 g/mol. The Bertz CT molecular complexity index is 364. The van der Waals surface area contributed by atoms with Gasteiger partial charge in [-0.2, -0.15) is 0 Å². The second-order valence-electron chi connectivity index (χ2n) is 4.59. The number of aliphatic hydroxyl groups excluding tert-OH is 1. The van der Waals surface area contributed by atoms with Gasteiger partial charge in [-0.3, -0.25) is 0 Å². The fraction of sp³-hybridized carbons (Fsp3) is 0.500. The van der Waals surface area contributed by atoms with Gasteiger partial charge in [0.25, 0.3) is 0 Å². The SMILES string of the molecule is CC1(C)C(O)CCN1c1cccc(F)c1. The Morgan fingerprint density at radius 1 is 1.47 bits per heavy atom. The summed E-state index contributed by atoms with van der Waals surface area (Å²) in [6.07, 6.45) is 0.393. The summed E-state index contributed by atoms with van der Waals surface area (Å²) in [6.45, 7) is 4.74. The Hall–Kier alpha value is -1.09. The second kappa shape index (κ2) is 3.49. The first-order chi connectivity index (χ1) is 7.01. The molecule has 0 aromatic heterocycles. The van der Waals surface area contributed by atoms with Crippen LogP contribution in [0, 0.1) is 5.82 Å². The molecule has 1 fully saturated rings. The molecule has 1 atom stereocenters. The van der Waals surface area contributed by atoms with Crippen LogP contribution in [0.1, 0.15) is 20.3 Å². The third-order valence-electron chi connectivity index (χ3n) is 3.26. The first-order valence-corrected chi connectivity index (χ1v) is 5.23. The van der Waals surface area contributed by atoms with Crippen LogP contribution in [-0.2, 0) is 0 Å². The Morgan fingerprint density at radius 3 is 2.73 bits per heavy atom. The van der Waals surface area contributed by atoms with Gasteiger partial charge in [0.2, 0.25) is 0 Å². The Balaban J connectivity index is 2.32. The Labute approximate surface area is 89.3 Å². The van der Waals surface area contributed by atoms with E-state index in [4.69, 9.17) is 0 Å². The molecule has 1 aromatic carbocycles. The molecule has 1 saturated heterocycles. The van der Waals surface area contributed by atoms with Gasteiger partial charge in [-0.15, -0.1) is 0 Å². The summed E-state index contributed by atoms with van der Waals surface area (Å²) >= 11 is 0. The van der Waals surface area contributed by atoms with E-state index in [1.807, 2.05) is 19.9 Å². The molecule has 1 unspecified atom stereocenters. The highest BCUT2D eigenvalue weighted by molar-refractivity contribution is 5.50. The molecule has 1 aliphatic rings. The molecule has 1 aromatic rings. The zero-order valence-electron chi connectivity index (χ0n) is 9.07. The number of benzene rings is 1. The van der Waals surface area contributed by atoms with E-state index in [9.17, 15) is 9.50 Å². The molecule has 0 radical (unpaired) electrons. The maximum Gasteiger partial charge on any atom is 0.125 e. The van der Waals surface area contributed by atoms with E-state index < -0.39 is 0 Å². The highest BCUT2D eigenvalue weighted by Gasteiger charge is 2.40. The average molecular weight is 209 g/mol. The summed E-state index contributed by atoms with van der Waals surface area (Å²) < 4.78 is 13.1. The van der Waals surface area contributed by atoms with Gasteiger partial charge in [-0.1, -0.05) is 6.07 Å². The first kappa shape index (κ1) is 10.4. The van der Waals surface area contributed by atoms with E-state index in [0.29, 0.717) is 0 Å². The largest absolute Gasteiger partial charge is 0.391 e. The number of halogens is 1. The maximum absolute atomic E-state index is 13.1. The molecule has 2 nitrogen and oxygen atoms in total. The van der Waals surface area contributed by atoms with Crippen LogP contribution < -0.4 is 4.90 Å². The molecule has 1 aliphatic heterocycles. The first-order valence-electron chi connectivity index (χ1n) is 5.23. The van der Waals surface area contributed by atoms with Crippen molar-refractivity contribution < 1.29 is 9.50 Å². The van der Waals surface area contributed by atoms with Gasteiger partial charge in [0.1, 0.15) is 5.82 Å². The van der Waals surface area contributed by atoms with Crippen molar-refractivity contribution in [1.29, 1.82) is 0 Å². The van der Waals surface area contributed by atoms with Crippen LogP contribution in [0.15, 0.2) is 24.3 Å². The van der Waals surface area contributed by atoms with Gasteiger partial charge < -0.3 is 10.0 Å². The predicted molar refractivity (Wildman–Crippen MR) is 58.4 cm³/mol. The molecule has 0 amide bonds. The third-order valence-corrected chi connectivity index (χ3v) is 3.26. The summed E-state index contributed by atoms with van der Waals surface area (Å²) in [5.74, 6) is -0.232. The van der Waals surface area contributed by atoms with E-state index in [1.165, 1.54) is 12.1 Å². The van der Waals surface area contributed by atoms with Crippen LogP contribution in [0.3, 0.4) is 0 Å². The number of nitrogens with zero attached hydrogens (tertiary/aromatic N) is 1. The van der Waals surface area contributed by atoms with Crippen LogP contribution in [0.5, 0.6) is 0 Å². The van der Waals surface area contributed by atoms with Gasteiger partial charge in [0, 0.05) is 12.2 Å². The van der Waals surface area contributed by atoms with Crippen LogP contribution in [-0.4, -0.2) is 23.3 Å². The lowest BCUT2D eigenvalue weighted by Gasteiger charge is -2.35. The Morgan fingerprint density at radius 2 is 2.20 bits per heavy atom. The summed E-state index contributed by atoms with van der Waals surface area (Å²) in [5, 5.41) is 9.82. The van der Waals surface area contributed by atoms with Gasteiger partial charge in [-0.25, -0.2) is 4.39 Å². The molecule has 0 saturated carbocycles. The van der Waals surface area contributed by atoms with Crippen molar-refractivity contribution in [1.82, 2.24) is 0 Å². The zero-order chi connectivity index (χ0) is 11.1. The van der Waals surface area contributed by atoms with Crippen LogP contribution in [0.25, 0.3) is 0 Å². The average Bonchev–Trinajstić information content (AvgIpc) is 2.42. The van der Waals surface area contributed by atoms with Crippen molar-refractivity contribution in [3.8, 4) is 0 Å². The number of hydrogen-bond donors (Lipinski definition) is 1. The number of anilines is 1. The number of hydrogen-bond acceptors (Lipinski definition) is 2. The minimum Gasteiger partial charge on any atom is -0.391 e. The molecule has 82 valence electrons. The summed E-state index contributed by atoms with van der Waals surface area (Å²) in [6, 6.07) is 6.52. The van der Waals surface area contributed by atoms with Crippen LogP contribution in [0.4, 0.5) is 10.1 Å². The summed E-state index contributed by atoms with van der Waals surface area (Å²) in [5.41, 5.74) is 0.532. The molecule has 1 heterocycles. The van der Waals surface area contributed by atoms with Crippen molar-refractivity contribution in [2.75, 3.05) is 11.4 Å². The third kappa shape index (κ3) is 1.72. The van der Waals surface area contributed by atoms with Crippen LogP contribution >= 0.6 is 0 Å². The maximum atomic E-state index is 13.1. The van der Waals surface area contributed by atoms with Crippen molar-refractivity contribution in [3.05, 3.63) is 30.1 Å². The lowest BCUT2D eigenvalue weighted by Crippen LogP contribution is -2.45. The summed E-state index contributed by atoms with van der Waals surface area (Å²) in [7, 11) is 0. The highest BCUT2D eigenvalue weighted by Crippen LogP contribution is 2.33. The fourth-order valence-electron chi connectivity index (χ4n) is 2.18. The second-order valence-corrected chi connectivity index (χ2v) is 4.59. The van der Waals surface area contributed by atoms with Gasteiger partial charge in [0.05, 0.1) is 11.6 Å². The minimum absolute atomic E-state index is 0.232. The summed E-state index contributed by atoms with van der Waals surface area (Å²) in [4.78, 5) is 2.06. The number of aliphatic hydroxyl groups is 1. The molecule has 15 heavy (non-hydrogen) atoms. The minimum atomic E-state index is -0.347. The zero-order valence-corrected chi connectivity index (χ0v) is 9.07. The molecule has 0 aliphatic carbocycles. The van der Waals surface area contributed by atoms with Crippen molar-refractivity contribution in [2.24, 2.45) is 0 Å². The lowest BCUT2D eigenvalue weighted by atomic mass is 9.98. The van der Waals surface area contributed by atoms with Crippen LogP contribution in [0.2, 0.25) is 0 Å². The van der Waals surface area contributed by atoms with Crippen molar-refractivity contribution >= 4 is 5.69 Å². The molecule has 0 spiro atoms. The van der Waals surface area contributed by atoms with Crippen molar-refractivity contribution in [3.63, 3.8) is 0 Å².